The third-order valence-corrected chi connectivity index (χ3v) is 7.99. The van der Waals surface area contributed by atoms with Crippen LogP contribution in [0.5, 0.6) is 0 Å². The van der Waals surface area contributed by atoms with Crippen LogP contribution >= 0.6 is 0 Å². The monoisotopic (exact) mass is 288 g/mol. The predicted molar refractivity (Wildman–Crippen MR) is 82.6 cm³/mol. The second-order valence-electron chi connectivity index (χ2n) is 8.66. The van der Waals surface area contributed by atoms with E-state index in [0.29, 0.717) is 17.6 Å². The largest absolute Gasteiger partial charge is 0.393 e. The first kappa shape index (κ1) is 14.0. The minimum atomic E-state index is -0.0857. The summed E-state index contributed by atoms with van der Waals surface area (Å²) in [6.07, 6.45) is 11.9. The summed E-state index contributed by atoms with van der Waals surface area (Å²) in [5.41, 5.74) is 0.393. The first-order valence-corrected chi connectivity index (χ1v) is 8.85. The molecule has 0 heterocycles. The predicted octanol–water partition coefficient (Wildman–Crippen LogP) is 3.74. The maximum atomic E-state index is 11.8. The van der Waals surface area contributed by atoms with Gasteiger partial charge in [-0.05, 0) is 79.1 Å². The fraction of sp³-hybridized carbons (Fsp3) is 0.842. The van der Waals surface area contributed by atoms with E-state index in [2.05, 4.69) is 19.9 Å². The lowest BCUT2D eigenvalue weighted by Gasteiger charge is -2.58. The van der Waals surface area contributed by atoms with Crippen molar-refractivity contribution < 1.29 is 9.90 Å². The minimum absolute atomic E-state index is 0.0857. The van der Waals surface area contributed by atoms with Crippen molar-refractivity contribution in [3.63, 3.8) is 0 Å². The normalized spacial score (nSPS) is 55.8. The van der Waals surface area contributed by atoms with Crippen molar-refractivity contribution in [2.45, 2.75) is 64.9 Å². The first-order chi connectivity index (χ1) is 9.95. The summed E-state index contributed by atoms with van der Waals surface area (Å²) < 4.78 is 0. The van der Waals surface area contributed by atoms with Gasteiger partial charge in [0.25, 0.3) is 0 Å². The Bertz CT molecular complexity index is 496. The molecule has 3 saturated carbocycles. The summed E-state index contributed by atoms with van der Waals surface area (Å²) in [6.45, 7) is 4.74. The molecule has 4 rings (SSSR count). The van der Waals surface area contributed by atoms with E-state index >= 15 is 0 Å². The molecule has 0 radical (unpaired) electrons. The molecule has 4 aliphatic rings. The van der Waals surface area contributed by atoms with E-state index in [9.17, 15) is 9.90 Å². The van der Waals surface area contributed by atoms with Gasteiger partial charge in [0.1, 0.15) is 0 Å². The molecule has 3 fully saturated rings. The lowest BCUT2D eigenvalue weighted by atomic mass is 9.46. The van der Waals surface area contributed by atoms with E-state index in [-0.39, 0.29) is 16.9 Å². The Kier molecular flexibility index (Phi) is 2.96. The van der Waals surface area contributed by atoms with Crippen molar-refractivity contribution in [1.82, 2.24) is 0 Å². The minimum Gasteiger partial charge on any atom is -0.393 e. The molecule has 2 nitrogen and oxygen atoms in total. The van der Waals surface area contributed by atoms with Gasteiger partial charge in [0.2, 0.25) is 0 Å². The van der Waals surface area contributed by atoms with Crippen LogP contribution in [0.2, 0.25) is 0 Å². The van der Waals surface area contributed by atoms with Crippen LogP contribution in [-0.4, -0.2) is 17.0 Å². The molecule has 0 aliphatic heterocycles. The molecule has 0 spiro atoms. The molecule has 0 aromatic heterocycles. The highest BCUT2D eigenvalue weighted by Gasteiger charge is 2.59. The van der Waals surface area contributed by atoms with E-state index in [4.69, 9.17) is 0 Å². The zero-order chi connectivity index (χ0) is 14.8. The molecule has 0 unspecified atom stereocenters. The highest BCUT2D eigenvalue weighted by molar-refractivity contribution is 5.91. The van der Waals surface area contributed by atoms with Gasteiger partial charge in [0, 0.05) is 6.42 Å². The third-order valence-electron chi connectivity index (χ3n) is 7.99. The number of aliphatic hydroxyl groups is 1. The highest BCUT2D eigenvalue weighted by atomic mass is 16.3. The fourth-order valence-corrected chi connectivity index (χ4v) is 6.61. The number of fused-ring (bicyclic) bond motifs is 5. The van der Waals surface area contributed by atoms with Crippen LogP contribution in [0.1, 0.15) is 58.8 Å². The van der Waals surface area contributed by atoms with Gasteiger partial charge in [-0.2, -0.15) is 0 Å². The molecule has 2 heteroatoms. The Morgan fingerprint density at radius 1 is 1.10 bits per heavy atom. The molecule has 21 heavy (non-hydrogen) atoms. The van der Waals surface area contributed by atoms with Gasteiger partial charge in [-0.3, -0.25) is 4.79 Å². The van der Waals surface area contributed by atoms with Crippen LogP contribution in [0.25, 0.3) is 0 Å². The number of aliphatic hydroxyl groups excluding tert-OH is 1. The third kappa shape index (κ3) is 1.78. The Morgan fingerprint density at radius 3 is 2.71 bits per heavy atom. The summed E-state index contributed by atoms with van der Waals surface area (Å²) in [7, 11) is 0. The number of ketones is 1. The van der Waals surface area contributed by atoms with Gasteiger partial charge in [-0.1, -0.05) is 19.9 Å². The molecule has 116 valence electrons. The standard InChI is InChI=1S/C19H28O2/c1-18-9-7-13(20)11-12(18)3-4-14-15-5-6-17(21)19(15,2)10-8-16(14)18/h7,9,12,14-17,21H,3-6,8,10-11H2,1-2H3/t12-,14-,15+,16+,17+,18-,19-/m0/s1. The van der Waals surface area contributed by atoms with Crippen molar-refractivity contribution in [2.75, 3.05) is 0 Å². The van der Waals surface area contributed by atoms with Crippen LogP contribution in [-0.2, 0) is 4.79 Å². The van der Waals surface area contributed by atoms with Gasteiger partial charge in [0.05, 0.1) is 6.10 Å². The van der Waals surface area contributed by atoms with Crippen molar-refractivity contribution in [2.24, 2.45) is 34.5 Å². The van der Waals surface area contributed by atoms with Gasteiger partial charge in [-0.15, -0.1) is 0 Å². The lowest BCUT2D eigenvalue weighted by Crippen LogP contribution is -2.52. The number of carbonyl (C=O) groups excluding carboxylic acids is 1. The average molecular weight is 288 g/mol. The summed E-state index contributed by atoms with van der Waals surface area (Å²) in [6, 6.07) is 0. The average Bonchev–Trinajstić information content (AvgIpc) is 2.76. The van der Waals surface area contributed by atoms with Crippen LogP contribution in [0.15, 0.2) is 12.2 Å². The Labute approximate surface area is 128 Å². The Balaban J connectivity index is 1.68. The first-order valence-electron chi connectivity index (χ1n) is 8.85. The number of allylic oxidation sites excluding steroid dienone is 2. The zero-order valence-electron chi connectivity index (χ0n) is 13.3. The molecular weight excluding hydrogens is 260 g/mol. The molecule has 0 aromatic carbocycles. The van der Waals surface area contributed by atoms with Crippen molar-refractivity contribution in [3.8, 4) is 0 Å². The maximum absolute atomic E-state index is 11.8. The summed E-state index contributed by atoms with van der Waals surface area (Å²) in [5.74, 6) is 3.08. The van der Waals surface area contributed by atoms with Gasteiger partial charge < -0.3 is 5.11 Å². The van der Waals surface area contributed by atoms with E-state index in [1.54, 1.807) is 0 Å². The van der Waals surface area contributed by atoms with E-state index in [1.165, 1.54) is 32.1 Å². The van der Waals surface area contributed by atoms with E-state index < -0.39 is 0 Å². The van der Waals surface area contributed by atoms with Gasteiger partial charge in [-0.25, -0.2) is 0 Å². The fourth-order valence-electron chi connectivity index (χ4n) is 6.61. The molecule has 4 aliphatic carbocycles. The molecule has 7 atom stereocenters. The molecular formula is C19H28O2. The summed E-state index contributed by atoms with van der Waals surface area (Å²) in [5, 5.41) is 10.4. The quantitative estimate of drug-likeness (QED) is 0.737. The lowest BCUT2D eigenvalue weighted by molar-refractivity contribution is -0.123. The highest BCUT2D eigenvalue weighted by Crippen LogP contribution is 2.64. The van der Waals surface area contributed by atoms with Crippen molar-refractivity contribution >= 4 is 5.78 Å². The summed E-state index contributed by atoms with van der Waals surface area (Å²) in [4.78, 5) is 11.8. The second kappa shape index (κ2) is 4.44. The molecule has 0 saturated heterocycles. The van der Waals surface area contributed by atoms with Crippen molar-refractivity contribution in [3.05, 3.63) is 12.2 Å². The summed E-state index contributed by atoms with van der Waals surface area (Å²) >= 11 is 0. The maximum Gasteiger partial charge on any atom is 0.155 e. The SMILES string of the molecule is C[C@]12C=CC(=O)C[C@@H]1CC[C@@H]1[C@H]2CC[C@]2(C)[C@H](O)CC[C@H]12. The number of rotatable bonds is 0. The number of carbonyl (C=O) groups is 1. The number of hydrogen-bond acceptors (Lipinski definition) is 2. The van der Waals surface area contributed by atoms with E-state index in [0.717, 1.165) is 24.7 Å². The molecule has 0 bridgehead atoms. The van der Waals surface area contributed by atoms with Crippen LogP contribution < -0.4 is 0 Å². The van der Waals surface area contributed by atoms with Gasteiger partial charge >= 0.3 is 0 Å². The van der Waals surface area contributed by atoms with Crippen molar-refractivity contribution in [1.29, 1.82) is 0 Å². The van der Waals surface area contributed by atoms with Crippen LogP contribution in [0.4, 0.5) is 0 Å². The molecule has 0 aromatic rings. The Morgan fingerprint density at radius 2 is 1.90 bits per heavy atom. The molecule has 1 N–H and O–H groups in total. The molecule has 0 amide bonds. The van der Waals surface area contributed by atoms with Crippen LogP contribution in [0.3, 0.4) is 0 Å². The Hall–Kier alpha value is -0.630. The van der Waals surface area contributed by atoms with Gasteiger partial charge in [0.15, 0.2) is 5.78 Å². The second-order valence-corrected chi connectivity index (χ2v) is 8.66. The zero-order valence-corrected chi connectivity index (χ0v) is 13.3. The van der Waals surface area contributed by atoms with E-state index in [1.807, 2.05) is 6.08 Å². The van der Waals surface area contributed by atoms with Crippen LogP contribution in [0, 0.1) is 34.5 Å². The number of hydrogen-bond donors (Lipinski definition) is 1. The smallest absolute Gasteiger partial charge is 0.155 e. The topological polar surface area (TPSA) is 37.3 Å².